The van der Waals surface area contributed by atoms with E-state index in [0.29, 0.717) is 12.3 Å². The van der Waals surface area contributed by atoms with E-state index in [1.165, 1.54) is 17.6 Å². The van der Waals surface area contributed by atoms with Gasteiger partial charge in [0, 0.05) is 28.4 Å². The van der Waals surface area contributed by atoms with Crippen LogP contribution < -0.4 is 0 Å². The van der Waals surface area contributed by atoms with Gasteiger partial charge in [0.05, 0.1) is 12.8 Å². The average Bonchev–Trinajstić information content (AvgIpc) is 3.04. The van der Waals surface area contributed by atoms with Gasteiger partial charge in [0.25, 0.3) is 5.91 Å². The minimum absolute atomic E-state index is 0.135. The van der Waals surface area contributed by atoms with E-state index < -0.39 is 0 Å². The molecule has 2 aromatic rings. The van der Waals surface area contributed by atoms with Gasteiger partial charge in [0.15, 0.2) is 5.76 Å². The summed E-state index contributed by atoms with van der Waals surface area (Å²) in [6, 6.07) is 3.70. The van der Waals surface area contributed by atoms with Gasteiger partial charge in [0.1, 0.15) is 6.61 Å². The molecule has 0 bridgehead atoms. The van der Waals surface area contributed by atoms with Crippen molar-refractivity contribution in [2.24, 2.45) is 0 Å². The molecule has 0 spiro atoms. The molecule has 0 unspecified atom stereocenters. The highest BCUT2D eigenvalue weighted by Crippen LogP contribution is 2.18. The summed E-state index contributed by atoms with van der Waals surface area (Å²) in [4.78, 5) is 14.8. The van der Waals surface area contributed by atoms with Crippen LogP contribution in [0.2, 0.25) is 0 Å². The highest BCUT2D eigenvalue weighted by Gasteiger charge is 2.17. The van der Waals surface area contributed by atoms with E-state index in [4.69, 9.17) is 9.52 Å². The molecule has 104 valence electrons. The van der Waals surface area contributed by atoms with Crippen molar-refractivity contribution >= 4 is 17.2 Å². The van der Waals surface area contributed by atoms with E-state index in [1.54, 1.807) is 18.0 Å². The lowest BCUT2D eigenvalue weighted by Gasteiger charge is -2.14. The molecule has 5 heteroatoms. The Balaban J connectivity index is 2.04. The highest BCUT2D eigenvalue weighted by atomic mass is 32.1. The van der Waals surface area contributed by atoms with Crippen molar-refractivity contribution < 1.29 is 14.3 Å². The minimum Gasteiger partial charge on any atom is -0.459 e. The van der Waals surface area contributed by atoms with Crippen molar-refractivity contribution in [2.45, 2.75) is 13.5 Å². The predicted octanol–water partition coefficient (Wildman–Crippen LogP) is 2.27. The molecule has 4 nitrogen and oxygen atoms in total. The highest BCUT2D eigenvalue weighted by molar-refractivity contribution is 7.10. The minimum atomic E-state index is -0.151. The molecule has 0 aliphatic carbocycles. The molecule has 1 amide bonds. The van der Waals surface area contributed by atoms with Crippen LogP contribution in [0.5, 0.6) is 0 Å². The molecule has 0 aromatic carbocycles. The van der Waals surface area contributed by atoms with Crippen LogP contribution in [0.15, 0.2) is 28.2 Å². The molecule has 20 heavy (non-hydrogen) atoms. The molecular weight excluding hydrogens is 274 g/mol. The largest absolute Gasteiger partial charge is 0.459 e. The maximum Gasteiger partial charge on any atom is 0.289 e. The standard InChI is InChI=1S/C15H15NO3S/c1-11-5-7-19-14(11)15(18)16(2)9-13-8-12(10-20-13)4-3-6-17/h5,7-8,10,17H,6,9H2,1-2H3. The summed E-state index contributed by atoms with van der Waals surface area (Å²) in [7, 11) is 1.74. The second kappa shape index (κ2) is 6.42. The normalized spacial score (nSPS) is 9.95. The van der Waals surface area contributed by atoms with Crippen LogP contribution in [0, 0.1) is 18.8 Å². The number of nitrogens with zero attached hydrogens (tertiary/aromatic N) is 1. The summed E-state index contributed by atoms with van der Waals surface area (Å²) in [5, 5.41) is 10.6. The van der Waals surface area contributed by atoms with Crippen LogP contribution in [0.4, 0.5) is 0 Å². The molecule has 0 saturated heterocycles. The van der Waals surface area contributed by atoms with E-state index >= 15 is 0 Å². The van der Waals surface area contributed by atoms with Gasteiger partial charge in [-0.15, -0.1) is 11.3 Å². The molecule has 1 N–H and O–H groups in total. The molecule has 0 aliphatic rings. The van der Waals surface area contributed by atoms with Crippen molar-refractivity contribution in [3.05, 3.63) is 45.5 Å². The Kier molecular flexibility index (Phi) is 4.61. The third kappa shape index (κ3) is 3.29. The number of amides is 1. The van der Waals surface area contributed by atoms with Crippen LogP contribution in [0.1, 0.15) is 26.6 Å². The van der Waals surface area contributed by atoms with Crippen LogP contribution in [0.3, 0.4) is 0 Å². The number of carbonyl (C=O) groups is 1. The molecular formula is C15H15NO3S. The Morgan fingerprint density at radius 3 is 3.00 bits per heavy atom. The number of aliphatic hydroxyl groups excluding tert-OH is 1. The fraction of sp³-hybridized carbons (Fsp3) is 0.267. The number of aryl methyl sites for hydroxylation is 1. The van der Waals surface area contributed by atoms with Gasteiger partial charge in [-0.05, 0) is 19.1 Å². The number of thiophene rings is 1. The second-order valence-corrected chi connectivity index (χ2v) is 5.35. The first-order valence-electron chi connectivity index (χ1n) is 6.08. The first kappa shape index (κ1) is 14.4. The van der Waals surface area contributed by atoms with E-state index in [1.807, 2.05) is 18.4 Å². The quantitative estimate of drug-likeness (QED) is 0.882. The maximum atomic E-state index is 12.2. The molecule has 0 fully saturated rings. The topological polar surface area (TPSA) is 53.7 Å². The molecule has 0 radical (unpaired) electrons. The number of carbonyl (C=O) groups excluding carboxylic acids is 1. The Morgan fingerprint density at radius 1 is 1.55 bits per heavy atom. The number of furan rings is 1. The fourth-order valence-corrected chi connectivity index (χ4v) is 2.61. The van der Waals surface area contributed by atoms with Gasteiger partial charge < -0.3 is 14.4 Å². The summed E-state index contributed by atoms with van der Waals surface area (Å²) in [5.74, 6) is 5.69. The van der Waals surface area contributed by atoms with Gasteiger partial charge >= 0.3 is 0 Å². The van der Waals surface area contributed by atoms with Gasteiger partial charge in [-0.3, -0.25) is 4.79 Å². The number of hydrogen-bond donors (Lipinski definition) is 1. The predicted molar refractivity (Wildman–Crippen MR) is 77.5 cm³/mol. The summed E-state index contributed by atoms with van der Waals surface area (Å²) < 4.78 is 5.21. The zero-order valence-electron chi connectivity index (χ0n) is 11.3. The van der Waals surface area contributed by atoms with Crippen molar-refractivity contribution in [1.29, 1.82) is 0 Å². The Bertz CT molecular complexity index is 660. The van der Waals surface area contributed by atoms with Crippen molar-refractivity contribution in [1.82, 2.24) is 4.90 Å². The summed E-state index contributed by atoms with van der Waals surface area (Å²) >= 11 is 1.54. The fourth-order valence-electron chi connectivity index (χ4n) is 1.74. The lowest BCUT2D eigenvalue weighted by Crippen LogP contribution is -2.25. The van der Waals surface area contributed by atoms with Crippen molar-refractivity contribution in [3.63, 3.8) is 0 Å². The Morgan fingerprint density at radius 2 is 2.35 bits per heavy atom. The monoisotopic (exact) mass is 289 g/mol. The van der Waals surface area contributed by atoms with Gasteiger partial charge in [-0.25, -0.2) is 0 Å². The summed E-state index contributed by atoms with van der Waals surface area (Å²) in [5.41, 5.74) is 1.69. The zero-order valence-corrected chi connectivity index (χ0v) is 12.2. The average molecular weight is 289 g/mol. The smallest absolute Gasteiger partial charge is 0.289 e. The van der Waals surface area contributed by atoms with Gasteiger partial charge in [-0.2, -0.15) is 0 Å². The van der Waals surface area contributed by atoms with Gasteiger partial charge in [-0.1, -0.05) is 11.8 Å². The van der Waals surface area contributed by atoms with Crippen molar-refractivity contribution in [2.75, 3.05) is 13.7 Å². The van der Waals surface area contributed by atoms with E-state index in [-0.39, 0.29) is 12.5 Å². The molecule has 2 rings (SSSR count). The Labute approximate surface area is 121 Å². The number of rotatable bonds is 3. The van der Waals surface area contributed by atoms with Crippen LogP contribution in [-0.2, 0) is 6.54 Å². The maximum absolute atomic E-state index is 12.2. The van der Waals surface area contributed by atoms with Gasteiger partial charge in [0.2, 0.25) is 0 Å². The number of hydrogen-bond acceptors (Lipinski definition) is 4. The summed E-state index contributed by atoms with van der Waals surface area (Å²) in [6.07, 6.45) is 1.52. The first-order chi connectivity index (χ1) is 9.61. The molecule has 0 atom stereocenters. The molecule has 0 saturated carbocycles. The lowest BCUT2D eigenvalue weighted by atomic mass is 10.2. The third-order valence-electron chi connectivity index (χ3n) is 2.76. The first-order valence-corrected chi connectivity index (χ1v) is 6.96. The second-order valence-electron chi connectivity index (χ2n) is 4.36. The zero-order chi connectivity index (χ0) is 14.5. The van der Waals surface area contributed by atoms with E-state index in [2.05, 4.69) is 11.8 Å². The molecule has 2 heterocycles. The third-order valence-corrected chi connectivity index (χ3v) is 3.68. The van der Waals surface area contributed by atoms with E-state index in [9.17, 15) is 4.79 Å². The van der Waals surface area contributed by atoms with Crippen LogP contribution in [0.25, 0.3) is 0 Å². The Hall–Kier alpha value is -2.03. The molecule has 0 aliphatic heterocycles. The van der Waals surface area contributed by atoms with Crippen molar-refractivity contribution in [3.8, 4) is 11.8 Å². The van der Waals surface area contributed by atoms with Crippen LogP contribution in [-0.4, -0.2) is 29.6 Å². The van der Waals surface area contributed by atoms with E-state index in [0.717, 1.165) is 16.0 Å². The van der Waals surface area contributed by atoms with Crippen LogP contribution >= 0.6 is 11.3 Å². The lowest BCUT2D eigenvalue weighted by molar-refractivity contribution is 0.0754. The molecule has 2 aromatic heterocycles. The summed E-state index contributed by atoms with van der Waals surface area (Å²) in [6.45, 7) is 2.20. The SMILES string of the molecule is Cc1ccoc1C(=O)N(C)Cc1cc(C#CCO)cs1. The number of aliphatic hydroxyl groups is 1.